The van der Waals surface area contributed by atoms with Crippen molar-refractivity contribution in [1.29, 1.82) is 0 Å². The molecule has 0 spiro atoms. The van der Waals surface area contributed by atoms with E-state index in [1.165, 1.54) is 25.7 Å². The second-order valence-electron chi connectivity index (χ2n) is 7.36. The van der Waals surface area contributed by atoms with E-state index in [0.29, 0.717) is 30.8 Å². The van der Waals surface area contributed by atoms with Crippen molar-refractivity contribution in [2.75, 3.05) is 11.9 Å². The van der Waals surface area contributed by atoms with E-state index in [4.69, 9.17) is 0 Å². The van der Waals surface area contributed by atoms with Crippen LogP contribution in [0, 0.1) is 6.92 Å². The summed E-state index contributed by atoms with van der Waals surface area (Å²) in [6.45, 7) is 5.15. The van der Waals surface area contributed by atoms with E-state index in [1.807, 2.05) is 49.1 Å². The Balaban J connectivity index is 1.74. The maximum atomic E-state index is 13.0. The first-order valence-corrected chi connectivity index (χ1v) is 10.1. The SMILES string of the molecule is CCN(Cc1ccccc1)C(=O)c1cc(C)nc(NC2CCCCCC2)n1. The molecule has 1 aromatic carbocycles. The molecule has 1 fully saturated rings. The molecule has 0 radical (unpaired) electrons. The van der Waals surface area contributed by atoms with E-state index >= 15 is 0 Å². The Labute approximate surface area is 162 Å². The highest BCUT2D eigenvalue weighted by Gasteiger charge is 2.19. The Morgan fingerprint density at radius 3 is 2.48 bits per heavy atom. The zero-order valence-electron chi connectivity index (χ0n) is 16.4. The Morgan fingerprint density at radius 1 is 1.11 bits per heavy atom. The maximum Gasteiger partial charge on any atom is 0.272 e. The molecule has 5 nitrogen and oxygen atoms in total. The molecule has 3 rings (SSSR count). The van der Waals surface area contributed by atoms with Crippen LogP contribution in [-0.4, -0.2) is 33.4 Å². The van der Waals surface area contributed by atoms with Gasteiger partial charge in [0.25, 0.3) is 5.91 Å². The standard InChI is InChI=1S/C22H30N4O/c1-3-26(16-18-11-7-6-8-12-18)21(27)20-15-17(2)23-22(25-20)24-19-13-9-4-5-10-14-19/h6-8,11-12,15,19H,3-5,9-10,13-14,16H2,1-2H3,(H,23,24,25). The summed E-state index contributed by atoms with van der Waals surface area (Å²) in [4.78, 5) is 23.9. The molecular formula is C22H30N4O. The number of aryl methyl sites for hydroxylation is 1. The van der Waals surface area contributed by atoms with Gasteiger partial charge < -0.3 is 10.2 Å². The number of hydrogen-bond donors (Lipinski definition) is 1. The fourth-order valence-electron chi connectivity index (χ4n) is 3.64. The lowest BCUT2D eigenvalue weighted by atomic mass is 10.1. The van der Waals surface area contributed by atoms with Crippen molar-refractivity contribution in [2.24, 2.45) is 0 Å². The number of nitrogens with zero attached hydrogens (tertiary/aromatic N) is 3. The Hall–Kier alpha value is -2.43. The summed E-state index contributed by atoms with van der Waals surface area (Å²) in [5.74, 6) is 0.539. The molecule has 0 unspecified atom stereocenters. The molecule has 27 heavy (non-hydrogen) atoms. The van der Waals surface area contributed by atoms with E-state index in [2.05, 4.69) is 15.3 Å². The number of anilines is 1. The number of carbonyl (C=O) groups is 1. The molecule has 2 aromatic rings. The van der Waals surface area contributed by atoms with Crippen LogP contribution >= 0.6 is 0 Å². The topological polar surface area (TPSA) is 58.1 Å². The van der Waals surface area contributed by atoms with Gasteiger partial charge in [0.05, 0.1) is 0 Å². The van der Waals surface area contributed by atoms with Gasteiger partial charge in [0.15, 0.2) is 0 Å². The van der Waals surface area contributed by atoms with E-state index in [0.717, 1.165) is 24.1 Å². The molecule has 1 heterocycles. The van der Waals surface area contributed by atoms with Gasteiger partial charge in [-0.3, -0.25) is 4.79 Å². The fourth-order valence-corrected chi connectivity index (χ4v) is 3.64. The fraction of sp³-hybridized carbons (Fsp3) is 0.500. The van der Waals surface area contributed by atoms with Crippen molar-refractivity contribution in [3.8, 4) is 0 Å². The van der Waals surface area contributed by atoms with Crippen LogP contribution < -0.4 is 5.32 Å². The lowest BCUT2D eigenvalue weighted by Crippen LogP contribution is -2.31. The van der Waals surface area contributed by atoms with Gasteiger partial charge in [-0.15, -0.1) is 0 Å². The number of benzene rings is 1. The second kappa shape index (κ2) is 9.49. The van der Waals surface area contributed by atoms with Crippen LogP contribution in [0.5, 0.6) is 0 Å². The van der Waals surface area contributed by atoms with Crippen LogP contribution in [0.15, 0.2) is 36.4 Å². The summed E-state index contributed by atoms with van der Waals surface area (Å²) in [7, 11) is 0. The summed E-state index contributed by atoms with van der Waals surface area (Å²) in [6.07, 6.45) is 7.40. The van der Waals surface area contributed by atoms with Gasteiger partial charge in [-0.05, 0) is 38.3 Å². The van der Waals surface area contributed by atoms with Gasteiger partial charge in [0.1, 0.15) is 5.69 Å². The van der Waals surface area contributed by atoms with Crippen LogP contribution in [0.3, 0.4) is 0 Å². The zero-order valence-corrected chi connectivity index (χ0v) is 16.4. The highest BCUT2D eigenvalue weighted by Crippen LogP contribution is 2.20. The highest BCUT2D eigenvalue weighted by molar-refractivity contribution is 5.92. The minimum Gasteiger partial charge on any atom is -0.351 e. The molecule has 0 atom stereocenters. The summed E-state index contributed by atoms with van der Waals surface area (Å²) in [5, 5.41) is 3.47. The van der Waals surface area contributed by atoms with Gasteiger partial charge in [-0.25, -0.2) is 9.97 Å². The molecule has 1 aromatic heterocycles. The van der Waals surface area contributed by atoms with E-state index in [1.54, 1.807) is 6.07 Å². The number of aromatic nitrogens is 2. The predicted octanol–water partition coefficient (Wildman–Crippen LogP) is 4.58. The van der Waals surface area contributed by atoms with Gasteiger partial charge in [-0.2, -0.15) is 0 Å². The Bertz CT molecular complexity index is 739. The first-order valence-electron chi connectivity index (χ1n) is 10.1. The van der Waals surface area contributed by atoms with Gasteiger partial charge in [-0.1, -0.05) is 56.0 Å². The summed E-state index contributed by atoms with van der Waals surface area (Å²) in [5.41, 5.74) is 2.41. The number of carbonyl (C=O) groups excluding carboxylic acids is 1. The quantitative estimate of drug-likeness (QED) is 0.760. The van der Waals surface area contributed by atoms with Gasteiger partial charge >= 0.3 is 0 Å². The number of rotatable bonds is 6. The highest BCUT2D eigenvalue weighted by atomic mass is 16.2. The predicted molar refractivity (Wildman–Crippen MR) is 109 cm³/mol. The molecule has 0 bridgehead atoms. The van der Waals surface area contributed by atoms with Crippen LogP contribution in [0.1, 0.15) is 67.2 Å². The number of nitrogens with one attached hydrogen (secondary N) is 1. The molecule has 5 heteroatoms. The van der Waals surface area contributed by atoms with Crippen molar-refractivity contribution in [3.05, 3.63) is 53.3 Å². The molecular weight excluding hydrogens is 336 g/mol. The minimum absolute atomic E-state index is 0.0456. The lowest BCUT2D eigenvalue weighted by Gasteiger charge is -2.22. The third-order valence-corrected chi connectivity index (χ3v) is 5.15. The van der Waals surface area contributed by atoms with Crippen LogP contribution in [-0.2, 0) is 6.54 Å². The third kappa shape index (κ3) is 5.52. The summed E-state index contributed by atoms with van der Waals surface area (Å²) < 4.78 is 0. The van der Waals surface area contributed by atoms with E-state index in [9.17, 15) is 4.79 Å². The zero-order chi connectivity index (χ0) is 19.1. The molecule has 1 aliphatic rings. The first-order chi connectivity index (χ1) is 13.2. The molecule has 0 saturated heterocycles. The lowest BCUT2D eigenvalue weighted by molar-refractivity contribution is 0.0746. The average molecular weight is 367 g/mol. The maximum absolute atomic E-state index is 13.0. The first kappa shape index (κ1) is 19.3. The molecule has 144 valence electrons. The summed E-state index contributed by atoms with van der Waals surface area (Å²) in [6, 6.07) is 12.3. The van der Waals surface area contributed by atoms with Crippen LogP contribution in [0.4, 0.5) is 5.95 Å². The number of amides is 1. The van der Waals surface area contributed by atoms with Crippen molar-refractivity contribution in [2.45, 2.75) is 65.0 Å². The minimum atomic E-state index is -0.0456. The monoisotopic (exact) mass is 366 g/mol. The van der Waals surface area contributed by atoms with E-state index in [-0.39, 0.29) is 5.91 Å². The molecule has 0 aliphatic heterocycles. The second-order valence-corrected chi connectivity index (χ2v) is 7.36. The Morgan fingerprint density at radius 2 is 1.81 bits per heavy atom. The van der Waals surface area contributed by atoms with Crippen LogP contribution in [0.2, 0.25) is 0 Å². The Kier molecular flexibility index (Phi) is 6.80. The van der Waals surface area contributed by atoms with Crippen molar-refractivity contribution in [3.63, 3.8) is 0 Å². The van der Waals surface area contributed by atoms with E-state index < -0.39 is 0 Å². The van der Waals surface area contributed by atoms with Crippen LogP contribution in [0.25, 0.3) is 0 Å². The van der Waals surface area contributed by atoms with Gasteiger partial charge in [0.2, 0.25) is 5.95 Å². The molecule has 1 aliphatic carbocycles. The van der Waals surface area contributed by atoms with Gasteiger partial charge in [0, 0.05) is 24.8 Å². The van der Waals surface area contributed by atoms with Crippen molar-refractivity contribution in [1.82, 2.24) is 14.9 Å². The molecule has 1 amide bonds. The smallest absolute Gasteiger partial charge is 0.272 e. The van der Waals surface area contributed by atoms with Crippen molar-refractivity contribution < 1.29 is 4.79 Å². The third-order valence-electron chi connectivity index (χ3n) is 5.15. The molecule has 1 saturated carbocycles. The largest absolute Gasteiger partial charge is 0.351 e. The molecule has 1 N–H and O–H groups in total. The number of hydrogen-bond acceptors (Lipinski definition) is 4. The average Bonchev–Trinajstić information content (AvgIpc) is 2.94. The van der Waals surface area contributed by atoms with Crippen molar-refractivity contribution >= 4 is 11.9 Å². The normalized spacial score (nSPS) is 15.2. The summed E-state index contributed by atoms with van der Waals surface area (Å²) >= 11 is 0.